The number of aromatic amines is 1. The second kappa shape index (κ2) is 46.8. The Bertz CT molecular complexity index is 1120. The second-order valence-electron chi connectivity index (χ2n) is 16.4. The molecule has 3 N–H and O–H groups in total. The van der Waals surface area contributed by atoms with Crippen LogP contribution in [0.1, 0.15) is 204 Å². The van der Waals surface area contributed by atoms with Crippen molar-refractivity contribution in [1.82, 2.24) is 20.6 Å². The van der Waals surface area contributed by atoms with E-state index in [1.54, 1.807) is 0 Å². The molecule has 0 saturated carbocycles. The van der Waals surface area contributed by atoms with Gasteiger partial charge in [-0.05, 0) is 64.2 Å². The predicted octanol–water partition coefficient (Wildman–Crippen LogP) is 12.4. The average Bonchev–Trinajstić information content (AvgIpc) is 3.82. The fraction of sp³-hybridized carbons (Fsp3) is 0.820. The SMILES string of the molecule is CCCCCCCC/C=C\CCCCCCCCOCC(COC(=O)NCCOCCOCCNC(=O)c1cnc[nH]1)OCCCCCCCC/C=C\CCCCCCCC. The zero-order chi connectivity index (χ0) is 43.8. The number of rotatable bonds is 47. The fourth-order valence-corrected chi connectivity index (χ4v) is 6.89. The first-order valence-corrected chi connectivity index (χ1v) is 25.0. The molecule has 1 rings (SSSR count). The lowest BCUT2D eigenvalue weighted by Crippen LogP contribution is -2.33. The maximum Gasteiger partial charge on any atom is 0.407 e. The van der Waals surface area contributed by atoms with Crippen LogP contribution in [0.2, 0.25) is 0 Å². The summed E-state index contributed by atoms with van der Waals surface area (Å²) in [5, 5.41) is 5.49. The molecule has 11 nitrogen and oxygen atoms in total. The van der Waals surface area contributed by atoms with E-state index in [4.69, 9.17) is 23.7 Å². The highest BCUT2D eigenvalue weighted by Crippen LogP contribution is 2.12. The van der Waals surface area contributed by atoms with E-state index >= 15 is 0 Å². The van der Waals surface area contributed by atoms with Gasteiger partial charge in [0.1, 0.15) is 18.4 Å². The summed E-state index contributed by atoms with van der Waals surface area (Å²) in [6.07, 6.45) is 47.5. The number of aromatic nitrogens is 2. The van der Waals surface area contributed by atoms with E-state index < -0.39 is 6.09 Å². The van der Waals surface area contributed by atoms with Gasteiger partial charge in [-0.15, -0.1) is 0 Å². The topological polar surface area (TPSA) is 133 Å². The number of hydrogen-bond donors (Lipinski definition) is 3. The van der Waals surface area contributed by atoms with Crippen molar-refractivity contribution in [2.75, 3.05) is 65.9 Å². The molecule has 0 spiro atoms. The number of H-pyrrole nitrogens is 1. The van der Waals surface area contributed by atoms with Crippen LogP contribution in [0.5, 0.6) is 0 Å². The van der Waals surface area contributed by atoms with Crippen LogP contribution < -0.4 is 10.6 Å². The van der Waals surface area contributed by atoms with E-state index in [0.717, 1.165) is 19.3 Å². The lowest BCUT2D eigenvalue weighted by atomic mass is 10.1. The molecular formula is C50H92N4O7. The molecule has 0 bridgehead atoms. The molecule has 11 heteroatoms. The first-order chi connectivity index (χ1) is 30.2. The molecule has 0 fully saturated rings. The fourth-order valence-electron chi connectivity index (χ4n) is 6.89. The number of amides is 2. The van der Waals surface area contributed by atoms with Gasteiger partial charge in [0.05, 0.1) is 45.6 Å². The average molecular weight is 861 g/mol. The number of carbonyl (C=O) groups is 2. The number of imidazole rings is 1. The number of allylic oxidation sites excluding steroid dienone is 4. The molecule has 1 atom stereocenters. The first-order valence-electron chi connectivity index (χ1n) is 25.0. The molecule has 0 aromatic carbocycles. The van der Waals surface area contributed by atoms with E-state index in [-0.39, 0.29) is 18.6 Å². The third-order valence-corrected chi connectivity index (χ3v) is 10.7. The van der Waals surface area contributed by atoms with Crippen LogP contribution in [-0.4, -0.2) is 94.0 Å². The van der Waals surface area contributed by atoms with Crippen LogP contribution in [0.3, 0.4) is 0 Å². The van der Waals surface area contributed by atoms with E-state index in [1.165, 1.54) is 173 Å². The number of alkyl carbamates (subject to hydrolysis) is 1. The Hall–Kier alpha value is -2.73. The van der Waals surface area contributed by atoms with Gasteiger partial charge in [-0.3, -0.25) is 4.79 Å². The van der Waals surface area contributed by atoms with Crippen molar-refractivity contribution in [2.24, 2.45) is 0 Å². The van der Waals surface area contributed by atoms with Crippen LogP contribution >= 0.6 is 0 Å². The van der Waals surface area contributed by atoms with Gasteiger partial charge in [0.15, 0.2) is 0 Å². The summed E-state index contributed by atoms with van der Waals surface area (Å²) in [6, 6.07) is 0. The van der Waals surface area contributed by atoms with Gasteiger partial charge in [-0.25, -0.2) is 9.78 Å². The third kappa shape index (κ3) is 41.1. The molecule has 1 heterocycles. The van der Waals surface area contributed by atoms with Crippen molar-refractivity contribution < 1.29 is 33.3 Å². The molecule has 1 aromatic rings. The number of nitrogens with one attached hydrogen (secondary N) is 3. The highest BCUT2D eigenvalue weighted by atomic mass is 16.6. The zero-order valence-electron chi connectivity index (χ0n) is 39.2. The Labute approximate surface area is 373 Å². The summed E-state index contributed by atoms with van der Waals surface area (Å²) < 4.78 is 28.7. The minimum atomic E-state index is -0.494. The standard InChI is InChI=1S/C50H92N4O7/c1-3-5-7-9-11-13-15-17-19-21-23-25-27-29-31-33-37-59-44-47(60-38-34-32-30-28-26-24-22-20-18-16-14-12-10-8-6-4-2)45-61-50(56)53-36-40-58-42-41-57-39-35-52-49(55)48-43-51-46-54-48/h17-20,43,46-47H,3-16,21-42,44-45H2,1-2H3,(H,51,54)(H,52,55)(H,53,56)/b19-17-,20-18-. The second-order valence-corrected chi connectivity index (χ2v) is 16.4. The van der Waals surface area contributed by atoms with Crippen LogP contribution in [0.15, 0.2) is 36.8 Å². The number of carbonyl (C=O) groups excluding carboxylic acids is 2. The summed E-state index contributed by atoms with van der Waals surface area (Å²) in [6.45, 7) is 8.64. The Kier molecular flexibility index (Phi) is 43.2. The van der Waals surface area contributed by atoms with E-state index in [2.05, 4.69) is 58.8 Å². The van der Waals surface area contributed by atoms with Crippen molar-refractivity contribution >= 4 is 12.0 Å². The highest BCUT2D eigenvalue weighted by molar-refractivity contribution is 5.91. The highest BCUT2D eigenvalue weighted by Gasteiger charge is 2.13. The summed E-state index contributed by atoms with van der Waals surface area (Å²) in [5.74, 6) is -0.224. The third-order valence-electron chi connectivity index (χ3n) is 10.7. The number of nitrogens with zero attached hydrogens (tertiary/aromatic N) is 1. The summed E-state index contributed by atoms with van der Waals surface area (Å²) in [7, 11) is 0. The Morgan fingerprint density at radius 1 is 0.541 bits per heavy atom. The Morgan fingerprint density at radius 3 is 1.49 bits per heavy atom. The predicted molar refractivity (Wildman–Crippen MR) is 251 cm³/mol. The molecular weight excluding hydrogens is 769 g/mol. The van der Waals surface area contributed by atoms with Crippen molar-refractivity contribution in [3.8, 4) is 0 Å². The first kappa shape index (κ1) is 56.3. The van der Waals surface area contributed by atoms with Gasteiger partial charge >= 0.3 is 6.09 Å². The molecule has 1 aromatic heterocycles. The molecule has 0 aliphatic rings. The van der Waals surface area contributed by atoms with Crippen molar-refractivity contribution in [2.45, 2.75) is 200 Å². The van der Waals surface area contributed by atoms with Crippen molar-refractivity contribution in [3.63, 3.8) is 0 Å². The van der Waals surface area contributed by atoms with Gasteiger partial charge in [0.25, 0.3) is 5.91 Å². The number of hydrogen-bond acceptors (Lipinski definition) is 8. The molecule has 61 heavy (non-hydrogen) atoms. The van der Waals surface area contributed by atoms with Gasteiger partial charge in [-0.1, -0.05) is 154 Å². The number of unbranched alkanes of at least 4 members (excludes halogenated alkanes) is 24. The van der Waals surface area contributed by atoms with E-state index in [9.17, 15) is 9.59 Å². The minimum absolute atomic E-state index is 0.150. The quantitative estimate of drug-likeness (QED) is 0.0436. The largest absolute Gasteiger partial charge is 0.447 e. The smallest absolute Gasteiger partial charge is 0.407 e. The molecule has 354 valence electrons. The maximum atomic E-state index is 12.4. The number of ether oxygens (including phenoxy) is 5. The summed E-state index contributed by atoms with van der Waals surface area (Å²) >= 11 is 0. The van der Waals surface area contributed by atoms with Gasteiger partial charge in [-0.2, -0.15) is 0 Å². The molecule has 0 radical (unpaired) electrons. The summed E-state index contributed by atoms with van der Waals surface area (Å²) in [5.41, 5.74) is 0.411. The van der Waals surface area contributed by atoms with E-state index in [1.807, 2.05) is 0 Å². The zero-order valence-corrected chi connectivity index (χ0v) is 39.2. The Balaban J connectivity index is 2.17. The summed E-state index contributed by atoms with van der Waals surface area (Å²) in [4.78, 5) is 30.9. The minimum Gasteiger partial charge on any atom is -0.447 e. The van der Waals surface area contributed by atoms with Gasteiger partial charge < -0.3 is 39.3 Å². The Morgan fingerprint density at radius 2 is 1.00 bits per heavy atom. The van der Waals surface area contributed by atoms with Crippen molar-refractivity contribution in [1.29, 1.82) is 0 Å². The molecule has 0 saturated heterocycles. The van der Waals surface area contributed by atoms with E-state index in [0.29, 0.717) is 65.0 Å². The lowest BCUT2D eigenvalue weighted by molar-refractivity contribution is -0.0469. The molecule has 1 unspecified atom stereocenters. The van der Waals surface area contributed by atoms with Crippen LogP contribution in [0.4, 0.5) is 4.79 Å². The monoisotopic (exact) mass is 861 g/mol. The normalized spacial score (nSPS) is 12.2. The lowest BCUT2D eigenvalue weighted by Gasteiger charge is -2.18. The van der Waals surface area contributed by atoms with Crippen LogP contribution in [0, 0.1) is 0 Å². The molecule has 0 aliphatic heterocycles. The maximum absolute atomic E-state index is 12.4. The molecule has 0 aliphatic carbocycles. The molecule has 2 amide bonds. The van der Waals surface area contributed by atoms with Crippen LogP contribution in [0.25, 0.3) is 0 Å². The van der Waals surface area contributed by atoms with Crippen LogP contribution in [-0.2, 0) is 23.7 Å². The van der Waals surface area contributed by atoms with Gasteiger partial charge in [0.2, 0.25) is 0 Å². The van der Waals surface area contributed by atoms with Gasteiger partial charge in [0, 0.05) is 26.3 Å². The van der Waals surface area contributed by atoms with Crippen molar-refractivity contribution in [3.05, 3.63) is 42.5 Å².